The molecule has 20 heavy (non-hydrogen) atoms. The van der Waals surface area contributed by atoms with E-state index >= 15 is 0 Å². The maximum Gasteiger partial charge on any atom is 0.247 e. The van der Waals surface area contributed by atoms with Crippen LogP contribution in [0.25, 0.3) is 0 Å². The number of ether oxygens (including phenoxy) is 1. The Morgan fingerprint density at radius 3 is 2.60 bits per heavy atom. The highest BCUT2D eigenvalue weighted by molar-refractivity contribution is 5.88. The fourth-order valence-electron chi connectivity index (χ4n) is 3.38. The van der Waals surface area contributed by atoms with Crippen LogP contribution in [-0.4, -0.2) is 48.7 Å². The van der Waals surface area contributed by atoms with Crippen molar-refractivity contribution in [3.8, 4) is 0 Å². The number of carbonyl (C=O) groups is 1. The molecule has 1 amide bonds. The van der Waals surface area contributed by atoms with Crippen molar-refractivity contribution in [1.82, 2.24) is 4.90 Å². The predicted octanol–water partition coefficient (Wildman–Crippen LogP) is 1.28. The van der Waals surface area contributed by atoms with Crippen LogP contribution in [0.3, 0.4) is 0 Å². The van der Waals surface area contributed by atoms with Crippen molar-refractivity contribution in [3.63, 3.8) is 0 Å². The first-order valence-electron chi connectivity index (χ1n) is 7.33. The van der Waals surface area contributed by atoms with Gasteiger partial charge in [-0.3, -0.25) is 4.79 Å². The van der Waals surface area contributed by atoms with Crippen LogP contribution in [0.5, 0.6) is 0 Å². The van der Waals surface area contributed by atoms with Crippen LogP contribution in [0.2, 0.25) is 0 Å². The zero-order chi connectivity index (χ0) is 13.5. The van der Waals surface area contributed by atoms with Gasteiger partial charge in [0.1, 0.15) is 6.04 Å². The summed E-state index contributed by atoms with van der Waals surface area (Å²) >= 11 is 0. The lowest BCUT2D eigenvalue weighted by Crippen LogP contribution is -2.53. The molecule has 2 N–H and O–H groups in total. The average molecular weight is 273 g/mol. The van der Waals surface area contributed by atoms with E-state index in [2.05, 4.69) is 10.6 Å². The van der Waals surface area contributed by atoms with E-state index in [1.165, 1.54) is 0 Å². The summed E-state index contributed by atoms with van der Waals surface area (Å²) in [5, 5.41) is 6.68. The first-order chi connectivity index (χ1) is 9.79. The van der Waals surface area contributed by atoms with Gasteiger partial charge in [-0.15, -0.1) is 0 Å². The van der Waals surface area contributed by atoms with E-state index in [0.29, 0.717) is 6.54 Å². The molecule has 5 heteroatoms. The molecule has 3 aliphatic rings. The van der Waals surface area contributed by atoms with E-state index in [1.54, 1.807) is 0 Å². The summed E-state index contributed by atoms with van der Waals surface area (Å²) in [7, 11) is 0. The van der Waals surface area contributed by atoms with E-state index in [1.807, 2.05) is 29.2 Å². The predicted molar refractivity (Wildman–Crippen MR) is 76.8 cm³/mol. The lowest BCUT2D eigenvalue weighted by atomic mass is 10.1. The van der Waals surface area contributed by atoms with Gasteiger partial charge in [0, 0.05) is 19.6 Å². The molecule has 5 nitrogen and oxygen atoms in total. The first kappa shape index (κ1) is 12.0. The van der Waals surface area contributed by atoms with Crippen LogP contribution in [-0.2, 0) is 9.53 Å². The SMILES string of the molecule is O=C(C1CNc2ccccc2N1)N1CC2CCC(C1)O2. The van der Waals surface area contributed by atoms with Gasteiger partial charge in [0.2, 0.25) is 5.91 Å². The number of nitrogens with one attached hydrogen (secondary N) is 2. The number of hydrogen-bond acceptors (Lipinski definition) is 4. The molecule has 3 heterocycles. The Morgan fingerprint density at radius 1 is 1.15 bits per heavy atom. The number of morpholine rings is 1. The lowest BCUT2D eigenvalue weighted by Gasteiger charge is -2.36. The highest BCUT2D eigenvalue weighted by Gasteiger charge is 2.38. The molecule has 2 bridgehead atoms. The second kappa shape index (κ2) is 4.66. The second-order valence-electron chi connectivity index (χ2n) is 5.82. The molecule has 2 fully saturated rings. The molecular weight excluding hydrogens is 254 g/mol. The third kappa shape index (κ3) is 2.02. The third-order valence-corrected chi connectivity index (χ3v) is 4.41. The molecule has 1 aromatic rings. The van der Waals surface area contributed by atoms with Crippen molar-refractivity contribution in [1.29, 1.82) is 0 Å². The summed E-state index contributed by atoms with van der Waals surface area (Å²) in [5.74, 6) is 0.187. The quantitative estimate of drug-likeness (QED) is 0.809. The van der Waals surface area contributed by atoms with E-state index < -0.39 is 0 Å². The van der Waals surface area contributed by atoms with Crippen LogP contribution >= 0.6 is 0 Å². The summed E-state index contributed by atoms with van der Waals surface area (Å²) in [6.45, 7) is 2.13. The fourth-order valence-corrected chi connectivity index (χ4v) is 3.38. The Morgan fingerprint density at radius 2 is 1.85 bits per heavy atom. The Labute approximate surface area is 118 Å². The molecule has 0 saturated carbocycles. The number of anilines is 2. The fraction of sp³-hybridized carbons (Fsp3) is 0.533. The highest BCUT2D eigenvalue weighted by atomic mass is 16.5. The Kier molecular flexibility index (Phi) is 2.80. The van der Waals surface area contributed by atoms with Crippen LogP contribution in [0.15, 0.2) is 24.3 Å². The molecular formula is C15H19N3O2. The highest BCUT2D eigenvalue weighted by Crippen LogP contribution is 2.29. The lowest BCUT2D eigenvalue weighted by molar-refractivity contribution is -0.140. The monoisotopic (exact) mass is 273 g/mol. The summed E-state index contributed by atoms with van der Waals surface area (Å²) < 4.78 is 5.79. The number of para-hydroxylation sites is 2. The van der Waals surface area contributed by atoms with Gasteiger partial charge in [-0.2, -0.15) is 0 Å². The van der Waals surface area contributed by atoms with Crippen molar-refractivity contribution in [2.75, 3.05) is 30.3 Å². The molecule has 0 aliphatic carbocycles. The van der Waals surface area contributed by atoms with Crippen LogP contribution < -0.4 is 10.6 Å². The van der Waals surface area contributed by atoms with E-state index in [0.717, 1.165) is 37.3 Å². The normalized spacial score (nSPS) is 31.2. The topological polar surface area (TPSA) is 53.6 Å². The number of rotatable bonds is 1. The Bertz CT molecular complexity index is 522. The molecule has 0 aromatic heterocycles. The average Bonchev–Trinajstić information content (AvgIpc) is 2.84. The standard InChI is InChI=1S/C15H19N3O2/c19-15(18-8-10-5-6-11(9-18)20-10)14-7-16-12-3-1-2-4-13(12)17-14/h1-4,10-11,14,16-17H,5-9H2. The van der Waals surface area contributed by atoms with E-state index in [4.69, 9.17) is 4.74 Å². The number of hydrogen-bond donors (Lipinski definition) is 2. The Balaban J connectivity index is 1.47. The van der Waals surface area contributed by atoms with Gasteiger partial charge in [-0.1, -0.05) is 12.1 Å². The second-order valence-corrected chi connectivity index (χ2v) is 5.82. The summed E-state index contributed by atoms with van der Waals surface area (Å²) in [6.07, 6.45) is 2.68. The van der Waals surface area contributed by atoms with Crippen molar-refractivity contribution in [2.45, 2.75) is 31.1 Å². The molecule has 1 aromatic carbocycles. The van der Waals surface area contributed by atoms with Crippen molar-refractivity contribution in [3.05, 3.63) is 24.3 Å². The van der Waals surface area contributed by atoms with Crippen molar-refractivity contribution in [2.24, 2.45) is 0 Å². The molecule has 106 valence electrons. The summed E-state index contributed by atoms with van der Waals surface area (Å²) in [6, 6.07) is 7.83. The maximum absolute atomic E-state index is 12.6. The van der Waals surface area contributed by atoms with Crippen molar-refractivity contribution < 1.29 is 9.53 Å². The van der Waals surface area contributed by atoms with Gasteiger partial charge >= 0.3 is 0 Å². The number of benzene rings is 1. The van der Waals surface area contributed by atoms with Gasteiger partial charge in [0.15, 0.2) is 0 Å². The zero-order valence-electron chi connectivity index (χ0n) is 11.3. The van der Waals surface area contributed by atoms with Gasteiger partial charge in [-0.05, 0) is 25.0 Å². The van der Waals surface area contributed by atoms with E-state index in [-0.39, 0.29) is 24.2 Å². The molecule has 3 aliphatic heterocycles. The smallest absolute Gasteiger partial charge is 0.247 e. The minimum Gasteiger partial charge on any atom is -0.381 e. The number of nitrogens with zero attached hydrogens (tertiary/aromatic N) is 1. The number of likely N-dealkylation sites (tertiary alicyclic amines) is 1. The molecule has 0 spiro atoms. The van der Waals surface area contributed by atoms with Gasteiger partial charge < -0.3 is 20.3 Å². The molecule has 3 atom stereocenters. The van der Waals surface area contributed by atoms with Crippen LogP contribution in [0.1, 0.15) is 12.8 Å². The van der Waals surface area contributed by atoms with E-state index in [9.17, 15) is 4.79 Å². The summed E-state index contributed by atoms with van der Waals surface area (Å²) in [5.41, 5.74) is 2.08. The minimum atomic E-state index is -0.178. The first-order valence-corrected chi connectivity index (χ1v) is 7.33. The molecule has 0 radical (unpaired) electrons. The van der Waals surface area contributed by atoms with Gasteiger partial charge in [0.25, 0.3) is 0 Å². The molecule has 4 rings (SSSR count). The van der Waals surface area contributed by atoms with Crippen molar-refractivity contribution >= 4 is 17.3 Å². The third-order valence-electron chi connectivity index (χ3n) is 4.41. The van der Waals surface area contributed by atoms with Crippen LogP contribution in [0, 0.1) is 0 Å². The Hall–Kier alpha value is -1.75. The maximum atomic E-state index is 12.6. The largest absolute Gasteiger partial charge is 0.381 e. The number of fused-ring (bicyclic) bond motifs is 3. The van der Waals surface area contributed by atoms with Gasteiger partial charge in [0.05, 0.1) is 23.6 Å². The van der Waals surface area contributed by atoms with Crippen LogP contribution in [0.4, 0.5) is 11.4 Å². The molecule has 2 saturated heterocycles. The van der Waals surface area contributed by atoms with Gasteiger partial charge in [-0.25, -0.2) is 0 Å². The number of carbonyl (C=O) groups excluding carboxylic acids is 1. The molecule has 3 unspecified atom stereocenters. The number of amides is 1. The minimum absolute atomic E-state index is 0.178. The zero-order valence-corrected chi connectivity index (χ0v) is 11.3. The summed E-state index contributed by atoms with van der Waals surface area (Å²) in [4.78, 5) is 14.6.